The van der Waals surface area contributed by atoms with Crippen LogP contribution in [0.25, 0.3) is 22.7 Å². The Morgan fingerprint density at radius 3 is 2.70 bits per heavy atom. The van der Waals surface area contributed by atoms with Crippen LogP contribution in [0.5, 0.6) is 0 Å². The summed E-state index contributed by atoms with van der Waals surface area (Å²) in [6.45, 7) is 2.46. The maximum atomic E-state index is 6.31. The Kier molecular flexibility index (Phi) is 5.30. The summed E-state index contributed by atoms with van der Waals surface area (Å²) in [7, 11) is 0. The fourth-order valence-electron chi connectivity index (χ4n) is 3.75. The van der Waals surface area contributed by atoms with E-state index in [1.807, 2.05) is 60.8 Å². The molecular formula is C24H19Cl2N3O. The van der Waals surface area contributed by atoms with Gasteiger partial charge < -0.3 is 4.42 Å². The molecule has 0 saturated carbocycles. The zero-order chi connectivity index (χ0) is 20.5. The normalized spacial score (nSPS) is 13.9. The molecule has 4 nitrogen and oxygen atoms in total. The van der Waals surface area contributed by atoms with Crippen LogP contribution >= 0.6 is 23.2 Å². The molecular weight excluding hydrogens is 417 g/mol. The molecule has 5 rings (SSSR count). The molecule has 4 aromatic rings. The summed E-state index contributed by atoms with van der Waals surface area (Å²) in [6.07, 6.45) is 2.85. The molecule has 0 saturated heterocycles. The standard InChI is InChI=1S/C24H19Cl2N3O/c25-18-6-8-20(21(26)12-18)23-9-7-19(30-23)15-29-11-10-22-17(14-29)13-27-24(28-22)16-4-2-1-3-5-16/h1-9,12-13H,10-11,14-15H2. The van der Waals surface area contributed by atoms with Crippen LogP contribution in [0, 0.1) is 0 Å². The second-order valence-corrected chi connectivity index (χ2v) is 8.23. The Labute approximate surface area is 185 Å². The summed E-state index contributed by atoms with van der Waals surface area (Å²) >= 11 is 12.3. The highest BCUT2D eigenvalue weighted by molar-refractivity contribution is 6.36. The molecule has 1 aliphatic rings. The van der Waals surface area contributed by atoms with Crippen molar-refractivity contribution in [3.63, 3.8) is 0 Å². The van der Waals surface area contributed by atoms with Gasteiger partial charge >= 0.3 is 0 Å². The third-order valence-electron chi connectivity index (χ3n) is 5.28. The van der Waals surface area contributed by atoms with Gasteiger partial charge in [-0.3, -0.25) is 4.90 Å². The maximum absolute atomic E-state index is 6.31. The number of nitrogens with zero attached hydrogens (tertiary/aromatic N) is 3. The monoisotopic (exact) mass is 435 g/mol. The van der Waals surface area contributed by atoms with Crippen LogP contribution in [-0.4, -0.2) is 21.4 Å². The van der Waals surface area contributed by atoms with Crippen molar-refractivity contribution in [2.45, 2.75) is 19.5 Å². The van der Waals surface area contributed by atoms with E-state index in [0.29, 0.717) is 10.0 Å². The average molecular weight is 436 g/mol. The van der Waals surface area contributed by atoms with Crippen molar-refractivity contribution in [2.75, 3.05) is 6.54 Å². The second-order valence-electron chi connectivity index (χ2n) is 7.38. The Hall–Kier alpha value is -2.66. The van der Waals surface area contributed by atoms with Crippen molar-refractivity contribution in [2.24, 2.45) is 0 Å². The van der Waals surface area contributed by atoms with E-state index in [1.54, 1.807) is 6.07 Å². The van der Waals surface area contributed by atoms with E-state index in [-0.39, 0.29) is 0 Å². The third-order valence-corrected chi connectivity index (χ3v) is 5.83. The molecule has 0 aliphatic carbocycles. The smallest absolute Gasteiger partial charge is 0.159 e. The van der Waals surface area contributed by atoms with Crippen molar-refractivity contribution < 1.29 is 4.42 Å². The van der Waals surface area contributed by atoms with Crippen molar-refractivity contribution >= 4 is 23.2 Å². The van der Waals surface area contributed by atoms with Gasteiger partial charge in [0, 0.05) is 47.4 Å². The van der Waals surface area contributed by atoms with E-state index >= 15 is 0 Å². The van der Waals surface area contributed by atoms with Crippen LogP contribution in [0.1, 0.15) is 17.0 Å². The van der Waals surface area contributed by atoms with Crippen molar-refractivity contribution in [1.82, 2.24) is 14.9 Å². The summed E-state index contributed by atoms with van der Waals surface area (Å²) in [6, 6.07) is 19.5. The quantitative estimate of drug-likeness (QED) is 0.378. The lowest BCUT2D eigenvalue weighted by Crippen LogP contribution is -2.30. The number of fused-ring (bicyclic) bond motifs is 1. The number of halogens is 2. The summed E-state index contributed by atoms with van der Waals surface area (Å²) in [5.74, 6) is 2.44. The molecule has 2 aromatic carbocycles. The summed E-state index contributed by atoms with van der Waals surface area (Å²) in [4.78, 5) is 11.7. The van der Waals surface area contributed by atoms with Gasteiger partial charge in [-0.15, -0.1) is 0 Å². The van der Waals surface area contributed by atoms with E-state index in [0.717, 1.165) is 60.2 Å². The Balaban J connectivity index is 1.30. The van der Waals surface area contributed by atoms with E-state index in [2.05, 4.69) is 9.88 Å². The summed E-state index contributed by atoms with van der Waals surface area (Å²) in [5.41, 5.74) is 4.20. The first-order chi connectivity index (χ1) is 14.7. The van der Waals surface area contributed by atoms with E-state index in [9.17, 15) is 0 Å². The molecule has 2 aromatic heterocycles. The third kappa shape index (κ3) is 3.99. The molecule has 1 aliphatic heterocycles. The molecule has 0 spiro atoms. The number of benzene rings is 2. The van der Waals surface area contributed by atoms with Crippen LogP contribution in [0.4, 0.5) is 0 Å². The lowest BCUT2D eigenvalue weighted by molar-refractivity contribution is 0.224. The van der Waals surface area contributed by atoms with Crippen LogP contribution in [0.15, 0.2) is 71.3 Å². The van der Waals surface area contributed by atoms with E-state index in [1.165, 1.54) is 5.56 Å². The van der Waals surface area contributed by atoms with Crippen LogP contribution in [0.3, 0.4) is 0 Å². The highest BCUT2D eigenvalue weighted by Crippen LogP contribution is 2.32. The van der Waals surface area contributed by atoms with Gasteiger partial charge in [-0.1, -0.05) is 53.5 Å². The predicted octanol–water partition coefficient (Wildman–Crippen LogP) is 6.27. The fraction of sp³-hybridized carbons (Fsp3) is 0.167. The Morgan fingerprint density at radius 1 is 1.00 bits per heavy atom. The minimum Gasteiger partial charge on any atom is -0.460 e. The van der Waals surface area contributed by atoms with Crippen LogP contribution in [-0.2, 0) is 19.5 Å². The van der Waals surface area contributed by atoms with Gasteiger partial charge in [-0.25, -0.2) is 9.97 Å². The molecule has 0 unspecified atom stereocenters. The average Bonchev–Trinajstić information content (AvgIpc) is 3.22. The second kappa shape index (κ2) is 8.23. The Morgan fingerprint density at radius 2 is 1.87 bits per heavy atom. The molecule has 0 atom stereocenters. The van der Waals surface area contributed by atoms with Crippen LogP contribution in [0.2, 0.25) is 10.0 Å². The molecule has 3 heterocycles. The number of hydrogen-bond acceptors (Lipinski definition) is 4. The predicted molar refractivity (Wildman–Crippen MR) is 119 cm³/mol. The fourth-order valence-corrected chi connectivity index (χ4v) is 4.25. The molecule has 0 bridgehead atoms. The number of rotatable bonds is 4. The first kappa shape index (κ1) is 19.3. The largest absolute Gasteiger partial charge is 0.460 e. The number of hydrogen-bond donors (Lipinski definition) is 0. The van der Waals surface area contributed by atoms with Crippen molar-refractivity contribution in [3.8, 4) is 22.7 Å². The molecule has 6 heteroatoms. The van der Waals surface area contributed by atoms with Gasteiger partial charge in [0.2, 0.25) is 0 Å². The topological polar surface area (TPSA) is 42.2 Å². The zero-order valence-electron chi connectivity index (χ0n) is 16.2. The molecule has 0 amide bonds. The highest BCUT2D eigenvalue weighted by Gasteiger charge is 2.20. The maximum Gasteiger partial charge on any atom is 0.159 e. The van der Waals surface area contributed by atoms with Gasteiger partial charge in [-0.2, -0.15) is 0 Å². The Bertz CT molecular complexity index is 1190. The van der Waals surface area contributed by atoms with E-state index < -0.39 is 0 Å². The summed E-state index contributed by atoms with van der Waals surface area (Å²) in [5, 5.41) is 1.20. The van der Waals surface area contributed by atoms with Crippen LogP contribution < -0.4 is 0 Å². The zero-order valence-corrected chi connectivity index (χ0v) is 17.7. The molecule has 0 fully saturated rings. The van der Waals surface area contributed by atoms with Gasteiger partial charge in [0.1, 0.15) is 11.5 Å². The molecule has 0 radical (unpaired) electrons. The van der Waals surface area contributed by atoms with Gasteiger partial charge in [0.15, 0.2) is 5.82 Å². The van der Waals surface area contributed by atoms with Gasteiger partial charge in [0.25, 0.3) is 0 Å². The van der Waals surface area contributed by atoms with Crippen molar-refractivity contribution in [1.29, 1.82) is 0 Å². The van der Waals surface area contributed by atoms with Crippen molar-refractivity contribution in [3.05, 3.63) is 93.9 Å². The van der Waals surface area contributed by atoms with Gasteiger partial charge in [0.05, 0.1) is 17.3 Å². The first-order valence-electron chi connectivity index (χ1n) is 9.82. The lowest BCUT2D eigenvalue weighted by atomic mass is 10.1. The minimum atomic E-state index is 0.585. The number of aromatic nitrogens is 2. The van der Waals surface area contributed by atoms with Gasteiger partial charge in [-0.05, 0) is 30.3 Å². The number of furan rings is 1. The summed E-state index contributed by atoms with van der Waals surface area (Å²) < 4.78 is 6.06. The molecule has 150 valence electrons. The first-order valence-corrected chi connectivity index (χ1v) is 10.6. The molecule has 30 heavy (non-hydrogen) atoms. The van der Waals surface area contributed by atoms with E-state index in [4.69, 9.17) is 32.6 Å². The molecule has 0 N–H and O–H groups in total. The highest BCUT2D eigenvalue weighted by atomic mass is 35.5. The SMILES string of the molecule is Clc1ccc(-c2ccc(CN3CCc4nc(-c5ccccc5)ncc4C3)o2)c(Cl)c1. The lowest BCUT2D eigenvalue weighted by Gasteiger charge is -2.27. The minimum absolute atomic E-state index is 0.585.